The summed E-state index contributed by atoms with van der Waals surface area (Å²) in [6, 6.07) is 5.91. The first-order valence-corrected chi connectivity index (χ1v) is 6.06. The second kappa shape index (κ2) is 5.89. The van der Waals surface area contributed by atoms with Crippen LogP contribution in [-0.4, -0.2) is 17.6 Å². The number of aliphatic carboxylic acids is 1. The van der Waals surface area contributed by atoms with Crippen LogP contribution in [0, 0.1) is 12.8 Å². The summed E-state index contributed by atoms with van der Waals surface area (Å²) in [5.41, 5.74) is 2.10. The van der Waals surface area contributed by atoms with E-state index in [1.807, 2.05) is 32.0 Å². The lowest BCUT2D eigenvalue weighted by Crippen LogP contribution is -2.22. The first-order valence-electron chi connectivity index (χ1n) is 5.27. The normalized spacial score (nSPS) is 12.2. The van der Waals surface area contributed by atoms with E-state index >= 15 is 0 Å². The zero-order valence-electron chi connectivity index (χ0n) is 9.46. The number of halogens is 1. The Hall–Kier alpha value is -1.03. The van der Waals surface area contributed by atoms with Crippen molar-refractivity contribution in [1.29, 1.82) is 0 Å². The minimum atomic E-state index is -0.749. The molecule has 0 aliphatic heterocycles. The lowest BCUT2D eigenvalue weighted by molar-refractivity contribution is -0.141. The summed E-state index contributed by atoms with van der Waals surface area (Å²) < 4.78 is 1.03. The van der Waals surface area contributed by atoms with Crippen LogP contribution in [0.4, 0.5) is 5.69 Å². The summed E-state index contributed by atoms with van der Waals surface area (Å²) in [6.45, 7) is 4.35. The molecule has 0 spiro atoms. The molecule has 2 N–H and O–H groups in total. The van der Waals surface area contributed by atoms with Crippen LogP contribution < -0.4 is 5.32 Å². The summed E-state index contributed by atoms with van der Waals surface area (Å²) in [5, 5.41) is 12.0. The molecular weight excluding hydrogens is 270 g/mol. The van der Waals surface area contributed by atoms with Gasteiger partial charge < -0.3 is 10.4 Å². The van der Waals surface area contributed by atoms with Gasteiger partial charge in [0.25, 0.3) is 0 Å². The maximum absolute atomic E-state index is 10.8. The molecule has 0 saturated carbocycles. The molecule has 0 bridgehead atoms. The Morgan fingerprint density at radius 3 is 2.75 bits per heavy atom. The highest BCUT2D eigenvalue weighted by Crippen LogP contribution is 2.20. The van der Waals surface area contributed by atoms with Crippen molar-refractivity contribution in [3.63, 3.8) is 0 Å². The number of aryl methyl sites for hydroxylation is 1. The Labute approximate surface area is 104 Å². The van der Waals surface area contributed by atoms with Gasteiger partial charge in [-0.3, -0.25) is 4.79 Å². The van der Waals surface area contributed by atoms with Crippen molar-refractivity contribution in [3.05, 3.63) is 28.2 Å². The van der Waals surface area contributed by atoms with E-state index in [0.29, 0.717) is 13.0 Å². The Kier molecular flexibility index (Phi) is 4.80. The number of rotatable bonds is 5. The zero-order valence-corrected chi connectivity index (χ0v) is 11.0. The van der Waals surface area contributed by atoms with Gasteiger partial charge in [0.15, 0.2) is 0 Å². The number of anilines is 1. The van der Waals surface area contributed by atoms with Gasteiger partial charge in [0.2, 0.25) is 0 Å². The van der Waals surface area contributed by atoms with E-state index < -0.39 is 5.97 Å². The molecule has 1 aromatic rings. The Balaban J connectivity index is 2.60. The summed E-state index contributed by atoms with van der Waals surface area (Å²) in [5.74, 6) is -1.08. The lowest BCUT2D eigenvalue weighted by Gasteiger charge is -2.12. The molecule has 1 aromatic carbocycles. The van der Waals surface area contributed by atoms with E-state index in [1.54, 1.807) is 0 Å². The standard InChI is InChI=1S/C12H16BrNO2/c1-3-9(12(15)16)7-14-10-5-4-8(2)11(13)6-10/h4-6,9,14H,3,7H2,1-2H3,(H,15,16). The molecule has 0 aromatic heterocycles. The number of carboxylic acids is 1. The van der Waals surface area contributed by atoms with Gasteiger partial charge in [-0.1, -0.05) is 28.9 Å². The average molecular weight is 286 g/mol. The summed E-state index contributed by atoms with van der Waals surface area (Å²) in [4.78, 5) is 10.8. The molecule has 3 nitrogen and oxygen atoms in total. The van der Waals surface area contributed by atoms with Crippen LogP contribution in [0.3, 0.4) is 0 Å². The molecule has 0 amide bonds. The first kappa shape index (κ1) is 13.0. The topological polar surface area (TPSA) is 49.3 Å². The largest absolute Gasteiger partial charge is 0.481 e. The van der Waals surface area contributed by atoms with Crippen LogP contribution in [0.25, 0.3) is 0 Å². The monoisotopic (exact) mass is 285 g/mol. The maximum atomic E-state index is 10.8. The average Bonchev–Trinajstić information content (AvgIpc) is 2.23. The number of carboxylic acid groups (broad SMARTS) is 1. The highest BCUT2D eigenvalue weighted by Gasteiger charge is 2.14. The van der Waals surface area contributed by atoms with Gasteiger partial charge in [0.05, 0.1) is 5.92 Å². The second-order valence-electron chi connectivity index (χ2n) is 3.79. The van der Waals surface area contributed by atoms with Crippen molar-refractivity contribution >= 4 is 27.6 Å². The molecule has 16 heavy (non-hydrogen) atoms. The SMILES string of the molecule is CCC(CNc1ccc(C)c(Br)c1)C(=O)O. The molecule has 4 heteroatoms. The smallest absolute Gasteiger partial charge is 0.308 e. The van der Waals surface area contributed by atoms with Gasteiger partial charge in [-0.15, -0.1) is 0 Å². The van der Waals surface area contributed by atoms with Crippen LogP contribution >= 0.6 is 15.9 Å². The van der Waals surface area contributed by atoms with Crippen LogP contribution in [0.15, 0.2) is 22.7 Å². The quantitative estimate of drug-likeness (QED) is 0.873. The predicted molar refractivity (Wildman–Crippen MR) is 68.8 cm³/mol. The fraction of sp³-hybridized carbons (Fsp3) is 0.417. The molecule has 0 radical (unpaired) electrons. The fourth-order valence-electron chi connectivity index (χ4n) is 1.35. The van der Waals surface area contributed by atoms with E-state index in [9.17, 15) is 4.79 Å². The van der Waals surface area contributed by atoms with Crippen molar-refractivity contribution in [3.8, 4) is 0 Å². The predicted octanol–water partition coefficient (Wildman–Crippen LogP) is 3.28. The highest BCUT2D eigenvalue weighted by atomic mass is 79.9. The summed E-state index contributed by atoms with van der Waals surface area (Å²) >= 11 is 3.44. The van der Waals surface area contributed by atoms with Crippen molar-refractivity contribution in [1.82, 2.24) is 0 Å². The molecular formula is C12H16BrNO2. The Morgan fingerprint density at radius 2 is 2.25 bits per heavy atom. The first-order chi connectivity index (χ1) is 7.54. The minimum Gasteiger partial charge on any atom is -0.481 e. The number of nitrogens with one attached hydrogen (secondary N) is 1. The molecule has 0 aliphatic carbocycles. The minimum absolute atomic E-state index is 0.333. The van der Waals surface area contributed by atoms with Crippen molar-refractivity contribution in [2.75, 3.05) is 11.9 Å². The van der Waals surface area contributed by atoms with Crippen molar-refractivity contribution < 1.29 is 9.90 Å². The molecule has 0 fully saturated rings. The van der Waals surface area contributed by atoms with Crippen molar-refractivity contribution in [2.45, 2.75) is 20.3 Å². The van der Waals surface area contributed by atoms with Gasteiger partial charge in [-0.2, -0.15) is 0 Å². The summed E-state index contributed by atoms with van der Waals surface area (Å²) in [6.07, 6.45) is 0.634. The zero-order chi connectivity index (χ0) is 12.1. The van der Waals surface area contributed by atoms with Gasteiger partial charge in [-0.05, 0) is 31.0 Å². The third-order valence-electron chi connectivity index (χ3n) is 2.57. The second-order valence-corrected chi connectivity index (χ2v) is 4.64. The Morgan fingerprint density at radius 1 is 1.56 bits per heavy atom. The molecule has 1 rings (SSSR count). The maximum Gasteiger partial charge on any atom is 0.308 e. The number of benzene rings is 1. The fourth-order valence-corrected chi connectivity index (χ4v) is 1.73. The molecule has 0 aliphatic rings. The third-order valence-corrected chi connectivity index (χ3v) is 3.42. The molecule has 1 unspecified atom stereocenters. The van der Waals surface area contributed by atoms with E-state index in [4.69, 9.17) is 5.11 Å². The number of hydrogen-bond acceptors (Lipinski definition) is 2. The summed E-state index contributed by atoms with van der Waals surface area (Å²) in [7, 11) is 0. The third kappa shape index (κ3) is 3.52. The molecule has 88 valence electrons. The highest BCUT2D eigenvalue weighted by molar-refractivity contribution is 9.10. The van der Waals surface area contributed by atoms with Crippen molar-refractivity contribution in [2.24, 2.45) is 5.92 Å². The molecule has 0 saturated heterocycles. The lowest BCUT2D eigenvalue weighted by atomic mass is 10.1. The van der Waals surface area contributed by atoms with Gasteiger partial charge in [0.1, 0.15) is 0 Å². The molecule has 1 atom stereocenters. The van der Waals surface area contributed by atoms with Crippen LogP contribution in [-0.2, 0) is 4.79 Å². The van der Waals surface area contributed by atoms with Crippen LogP contribution in [0.5, 0.6) is 0 Å². The number of carbonyl (C=O) groups is 1. The van der Waals surface area contributed by atoms with Gasteiger partial charge in [0, 0.05) is 16.7 Å². The van der Waals surface area contributed by atoms with Crippen LogP contribution in [0.1, 0.15) is 18.9 Å². The van der Waals surface area contributed by atoms with E-state index in [2.05, 4.69) is 21.2 Å². The van der Waals surface area contributed by atoms with E-state index in [0.717, 1.165) is 15.7 Å². The molecule has 0 heterocycles. The van der Waals surface area contributed by atoms with Gasteiger partial charge in [-0.25, -0.2) is 0 Å². The Bertz CT molecular complexity index is 379. The van der Waals surface area contributed by atoms with Gasteiger partial charge >= 0.3 is 5.97 Å². The van der Waals surface area contributed by atoms with E-state index in [-0.39, 0.29) is 5.92 Å². The number of hydrogen-bond donors (Lipinski definition) is 2. The van der Waals surface area contributed by atoms with Crippen LogP contribution in [0.2, 0.25) is 0 Å². The van der Waals surface area contributed by atoms with E-state index in [1.165, 1.54) is 0 Å².